The molecule has 6 heteroatoms. The van der Waals surface area contributed by atoms with E-state index in [0.717, 1.165) is 30.6 Å². The number of carbonyl (C=O) groups is 2. The first-order valence-electron chi connectivity index (χ1n) is 11.6. The lowest BCUT2D eigenvalue weighted by atomic mass is 9.93. The van der Waals surface area contributed by atoms with E-state index in [4.69, 9.17) is 11.6 Å². The molecule has 2 aliphatic rings. The number of piperidine rings is 1. The van der Waals surface area contributed by atoms with Crippen LogP contribution in [0.25, 0.3) is 11.6 Å². The Morgan fingerprint density at radius 3 is 2.52 bits per heavy atom. The summed E-state index contributed by atoms with van der Waals surface area (Å²) in [6.07, 6.45) is 11.4. The molecule has 2 aliphatic heterocycles. The van der Waals surface area contributed by atoms with Crippen molar-refractivity contribution >= 4 is 40.8 Å². The first-order chi connectivity index (χ1) is 16.1. The van der Waals surface area contributed by atoms with E-state index in [0.29, 0.717) is 22.6 Å². The van der Waals surface area contributed by atoms with Crippen LogP contribution < -0.4 is 10.6 Å². The van der Waals surface area contributed by atoms with Gasteiger partial charge in [-0.05, 0) is 74.2 Å². The van der Waals surface area contributed by atoms with Crippen molar-refractivity contribution in [3.05, 3.63) is 77.0 Å². The Hall–Kier alpha value is -2.89. The van der Waals surface area contributed by atoms with Gasteiger partial charge in [0, 0.05) is 35.4 Å². The molecule has 33 heavy (non-hydrogen) atoms. The largest absolute Gasteiger partial charge is 0.361 e. The highest BCUT2D eigenvalue weighted by molar-refractivity contribution is 6.31. The number of unbranched alkanes of at least 4 members (excludes halogenated alkanes) is 1. The number of rotatable bonds is 8. The Morgan fingerprint density at radius 2 is 1.76 bits per heavy atom. The molecule has 1 saturated heterocycles. The standard InChI is InChI=1S/C27H30ClN3O2/c28-14-4-1-3-7-20-10-13-23-24(17-20)25(27(33)30-26(23)32)18-29-22-11-8-21(9-12-22)19-31-15-5-2-6-16-31/h3,7-13,17-18,29H,1-2,4-6,14-16,19H2,(H,30,32,33)/b7-3+,25-18?. The Labute approximate surface area is 200 Å². The fraction of sp³-hybridized carbons (Fsp3) is 0.333. The van der Waals surface area contributed by atoms with E-state index in [2.05, 4.69) is 33.7 Å². The SMILES string of the molecule is O=C1NC(=O)c2ccc(/C=C/CCCCl)cc2C1=CNc1ccc(CN2CCCCC2)cc1. The summed E-state index contributed by atoms with van der Waals surface area (Å²) >= 11 is 5.73. The molecule has 0 atom stereocenters. The molecule has 0 bridgehead atoms. The number of imide groups is 1. The van der Waals surface area contributed by atoms with Crippen LogP contribution in [0, 0.1) is 0 Å². The average Bonchev–Trinajstić information content (AvgIpc) is 2.83. The molecule has 0 saturated carbocycles. The van der Waals surface area contributed by atoms with Crippen LogP contribution in [-0.4, -0.2) is 35.7 Å². The van der Waals surface area contributed by atoms with Crippen molar-refractivity contribution in [1.82, 2.24) is 10.2 Å². The van der Waals surface area contributed by atoms with Gasteiger partial charge in [-0.1, -0.05) is 36.8 Å². The monoisotopic (exact) mass is 463 g/mol. The van der Waals surface area contributed by atoms with E-state index in [1.165, 1.54) is 37.9 Å². The first kappa shape index (κ1) is 23.3. The third-order valence-corrected chi connectivity index (χ3v) is 6.32. The number of fused-ring (bicyclic) bond motifs is 1. The molecule has 5 nitrogen and oxygen atoms in total. The van der Waals surface area contributed by atoms with Crippen LogP contribution in [0.1, 0.15) is 59.2 Å². The number of anilines is 1. The molecule has 0 aliphatic carbocycles. The highest BCUT2D eigenvalue weighted by Gasteiger charge is 2.27. The maximum absolute atomic E-state index is 12.6. The summed E-state index contributed by atoms with van der Waals surface area (Å²) in [6, 6.07) is 13.8. The smallest absolute Gasteiger partial charge is 0.260 e. The molecule has 0 radical (unpaired) electrons. The van der Waals surface area contributed by atoms with Gasteiger partial charge < -0.3 is 5.32 Å². The highest BCUT2D eigenvalue weighted by Crippen LogP contribution is 2.26. The number of alkyl halides is 1. The minimum Gasteiger partial charge on any atom is -0.361 e. The lowest BCUT2D eigenvalue weighted by molar-refractivity contribution is -0.114. The summed E-state index contributed by atoms with van der Waals surface area (Å²) in [7, 11) is 0. The lowest BCUT2D eigenvalue weighted by Crippen LogP contribution is -2.36. The Balaban J connectivity index is 1.49. The number of amides is 2. The maximum Gasteiger partial charge on any atom is 0.260 e. The third kappa shape index (κ3) is 6.12. The zero-order chi connectivity index (χ0) is 23.0. The zero-order valence-corrected chi connectivity index (χ0v) is 19.5. The topological polar surface area (TPSA) is 61.4 Å². The molecular weight excluding hydrogens is 434 g/mol. The second-order valence-electron chi connectivity index (χ2n) is 8.56. The fourth-order valence-corrected chi connectivity index (χ4v) is 4.40. The van der Waals surface area contributed by atoms with Crippen molar-refractivity contribution in [3.63, 3.8) is 0 Å². The van der Waals surface area contributed by atoms with E-state index in [-0.39, 0.29) is 5.91 Å². The second-order valence-corrected chi connectivity index (χ2v) is 8.94. The van der Waals surface area contributed by atoms with Crippen LogP contribution in [0.15, 0.2) is 54.7 Å². The molecule has 2 amide bonds. The summed E-state index contributed by atoms with van der Waals surface area (Å²) in [5.41, 5.74) is 4.70. The molecule has 2 heterocycles. The van der Waals surface area contributed by atoms with Gasteiger partial charge in [-0.2, -0.15) is 0 Å². The van der Waals surface area contributed by atoms with Gasteiger partial charge >= 0.3 is 0 Å². The van der Waals surface area contributed by atoms with Gasteiger partial charge in [0.25, 0.3) is 11.8 Å². The molecule has 0 spiro atoms. The summed E-state index contributed by atoms with van der Waals surface area (Å²) in [5, 5.41) is 5.66. The van der Waals surface area contributed by atoms with Crippen molar-refractivity contribution in [2.75, 3.05) is 24.3 Å². The van der Waals surface area contributed by atoms with Crippen molar-refractivity contribution in [2.24, 2.45) is 0 Å². The van der Waals surface area contributed by atoms with Gasteiger partial charge in [0.05, 0.1) is 5.57 Å². The number of hydrogen-bond acceptors (Lipinski definition) is 4. The summed E-state index contributed by atoms with van der Waals surface area (Å²) in [5.74, 6) is -0.141. The van der Waals surface area contributed by atoms with Gasteiger partial charge in [-0.3, -0.25) is 19.8 Å². The molecule has 4 rings (SSSR count). The fourth-order valence-electron chi connectivity index (χ4n) is 4.24. The van der Waals surface area contributed by atoms with Crippen molar-refractivity contribution in [3.8, 4) is 0 Å². The quantitative estimate of drug-likeness (QED) is 0.237. The molecule has 2 aromatic rings. The van der Waals surface area contributed by atoms with Crippen molar-refractivity contribution < 1.29 is 9.59 Å². The number of allylic oxidation sites excluding steroid dienone is 1. The number of halogens is 1. The predicted octanol–water partition coefficient (Wildman–Crippen LogP) is 5.43. The Bertz CT molecular complexity index is 1050. The van der Waals surface area contributed by atoms with Crippen LogP contribution in [-0.2, 0) is 11.3 Å². The molecule has 0 aromatic heterocycles. The van der Waals surface area contributed by atoms with E-state index < -0.39 is 5.91 Å². The number of nitrogens with zero attached hydrogens (tertiary/aromatic N) is 1. The Kier molecular flexibility index (Phi) is 7.97. The highest BCUT2D eigenvalue weighted by atomic mass is 35.5. The van der Waals surface area contributed by atoms with Gasteiger partial charge in [-0.15, -0.1) is 11.6 Å². The normalized spacial score (nSPS) is 17.9. The number of benzene rings is 2. The molecule has 2 aromatic carbocycles. The second kappa shape index (κ2) is 11.3. The number of nitrogens with one attached hydrogen (secondary N) is 2. The number of hydrogen-bond donors (Lipinski definition) is 2. The lowest BCUT2D eigenvalue weighted by Gasteiger charge is -2.26. The van der Waals surface area contributed by atoms with Crippen LogP contribution in [0.5, 0.6) is 0 Å². The van der Waals surface area contributed by atoms with Gasteiger partial charge in [0.2, 0.25) is 0 Å². The van der Waals surface area contributed by atoms with E-state index in [9.17, 15) is 9.59 Å². The molecule has 0 unspecified atom stereocenters. The minimum absolute atomic E-state index is 0.369. The van der Waals surface area contributed by atoms with Crippen LogP contribution in [0.4, 0.5) is 5.69 Å². The van der Waals surface area contributed by atoms with Gasteiger partial charge in [-0.25, -0.2) is 0 Å². The molecule has 2 N–H and O–H groups in total. The van der Waals surface area contributed by atoms with Crippen molar-refractivity contribution in [1.29, 1.82) is 0 Å². The first-order valence-corrected chi connectivity index (χ1v) is 12.2. The number of carbonyl (C=O) groups excluding carboxylic acids is 2. The van der Waals surface area contributed by atoms with Crippen molar-refractivity contribution in [2.45, 2.75) is 38.6 Å². The van der Waals surface area contributed by atoms with Crippen LogP contribution in [0.2, 0.25) is 0 Å². The summed E-state index contributed by atoms with van der Waals surface area (Å²) in [4.78, 5) is 27.4. The predicted molar refractivity (Wildman–Crippen MR) is 135 cm³/mol. The molecular formula is C27H30ClN3O2. The van der Waals surface area contributed by atoms with E-state index in [1.54, 1.807) is 12.3 Å². The molecule has 1 fully saturated rings. The minimum atomic E-state index is -0.398. The Morgan fingerprint density at radius 1 is 0.970 bits per heavy atom. The maximum atomic E-state index is 12.6. The summed E-state index contributed by atoms with van der Waals surface area (Å²) in [6.45, 7) is 3.31. The summed E-state index contributed by atoms with van der Waals surface area (Å²) < 4.78 is 0. The average molecular weight is 464 g/mol. The van der Waals surface area contributed by atoms with Gasteiger partial charge in [0.1, 0.15) is 0 Å². The van der Waals surface area contributed by atoms with E-state index in [1.807, 2.05) is 30.3 Å². The van der Waals surface area contributed by atoms with Gasteiger partial charge in [0.15, 0.2) is 0 Å². The van der Waals surface area contributed by atoms with E-state index >= 15 is 0 Å². The molecule has 172 valence electrons. The third-order valence-electron chi connectivity index (χ3n) is 6.06. The zero-order valence-electron chi connectivity index (χ0n) is 18.8. The van der Waals surface area contributed by atoms with Crippen LogP contribution in [0.3, 0.4) is 0 Å². The number of likely N-dealkylation sites (tertiary alicyclic amines) is 1. The van der Waals surface area contributed by atoms with Crippen LogP contribution >= 0.6 is 11.6 Å².